The van der Waals surface area contributed by atoms with Crippen LogP contribution in [0.3, 0.4) is 0 Å². The lowest BCUT2D eigenvalue weighted by Gasteiger charge is -2.10. The summed E-state index contributed by atoms with van der Waals surface area (Å²) in [6.45, 7) is 3.51. The molecule has 0 saturated carbocycles. The number of rotatable bonds is 5. The highest BCUT2D eigenvalue weighted by molar-refractivity contribution is 5.77. The Hall–Kier alpha value is -3.03. The number of benzene rings is 1. The van der Waals surface area contributed by atoms with E-state index >= 15 is 0 Å². The first kappa shape index (κ1) is 15.9. The Kier molecular flexibility index (Phi) is 4.37. The number of esters is 1. The van der Waals surface area contributed by atoms with Gasteiger partial charge in [0.05, 0.1) is 23.7 Å². The molecule has 0 N–H and O–H groups in total. The van der Waals surface area contributed by atoms with Gasteiger partial charge in [-0.1, -0.05) is 17.3 Å². The average molecular weight is 328 g/mol. The number of ether oxygens (including phenoxy) is 1. The van der Waals surface area contributed by atoms with E-state index in [4.69, 9.17) is 9.26 Å². The van der Waals surface area contributed by atoms with Crippen molar-refractivity contribution in [3.8, 4) is 0 Å². The lowest BCUT2D eigenvalue weighted by Crippen LogP contribution is -2.22. The van der Waals surface area contributed by atoms with Crippen molar-refractivity contribution in [2.45, 2.75) is 32.9 Å². The van der Waals surface area contributed by atoms with Crippen LogP contribution < -0.4 is 5.56 Å². The van der Waals surface area contributed by atoms with Crippen LogP contribution in [0.1, 0.15) is 31.2 Å². The first-order valence-electron chi connectivity index (χ1n) is 7.48. The highest BCUT2D eigenvalue weighted by Crippen LogP contribution is 2.15. The second-order valence-corrected chi connectivity index (χ2v) is 5.32. The lowest BCUT2D eigenvalue weighted by atomic mass is 10.2. The van der Waals surface area contributed by atoms with Crippen molar-refractivity contribution in [1.29, 1.82) is 0 Å². The second kappa shape index (κ2) is 6.61. The minimum Gasteiger partial charge on any atom is -0.452 e. The van der Waals surface area contributed by atoms with Crippen LogP contribution in [-0.4, -0.2) is 25.7 Å². The van der Waals surface area contributed by atoms with Crippen molar-refractivity contribution in [2.24, 2.45) is 0 Å². The van der Waals surface area contributed by atoms with Gasteiger partial charge in [-0.05, 0) is 26.0 Å². The van der Waals surface area contributed by atoms with Crippen molar-refractivity contribution >= 4 is 16.9 Å². The van der Waals surface area contributed by atoms with Gasteiger partial charge in [-0.2, -0.15) is 4.98 Å². The average Bonchev–Trinajstić information content (AvgIpc) is 3.01. The Labute approximate surface area is 137 Å². The molecule has 8 nitrogen and oxygen atoms in total. The summed E-state index contributed by atoms with van der Waals surface area (Å²) in [5.41, 5.74) is 0.440. The molecule has 0 fully saturated rings. The van der Waals surface area contributed by atoms with Gasteiger partial charge in [0, 0.05) is 6.54 Å². The fourth-order valence-electron chi connectivity index (χ4n) is 2.26. The third kappa shape index (κ3) is 3.32. The summed E-state index contributed by atoms with van der Waals surface area (Å²) < 4.78 is 11.6. The van der Waals surface area contributed by atoms with Gasteiger partial charge in [0.1, 0.15) is 0 Å². The molecule has 0 aliphatic heterocycles. The van der Waals surface area contributed by atoms with Gasteiger partial charge in [-0.25, -0.2) is 4.98 Å². The van der Waals surface area contributed by atoms with Crippen molar-refractivity contribution in [3.05, 3.63) is 52.7 Å². The van der Waals surface area contributed by atoms with E-state index in [1.807, 2.05) is 6.07 Å². The Morgan fingerprint density at radius 2 is 2.17 bits per heavy atom. The molecule has 0 aliphatic rings. The molecule has 0 spiro atoms. The minimum absolute atomic E-state index is 0.0391. The van der Waals surface area contributed by atoms with Crippen LogP contribution in [0, 0.1) is 6.92 Å². The summed E-state index contributed by atoms with van der Waals surface area (Å²) in [6, 6.07) is 7.07. The summed E-state index contributed by atoms with van der Waals surface area (Å²) in [5, 5.41) is 4.16. The van der Waals surface area contributed by atoms with Gasteiger partial charge >= 0.3 is 5.97 Å². The molecular weight excluding hydrogens is 312 g/mol. The Morgan fingerprint density at radius 3 is 2.92 bits per heavy atom. The standard InChI is InChI=1S/C16H16N4O4/c1-10(15-18-11(2)19-24-15)23-14(21)7-8-20-9-17-13-6-4-3-5-12(13)16(20)22/h3-6,9-10H,7-8H2,1-2H3. The van der Waals surface area contributed by atoms with Crippen LogP contribution in [0.25, 0.3) is 10.9 Å². The maximum absolute atomic E-state index is 12.3. The molecule has 3 rings (SSSR count). The number of nitrogens with zero attached hydrogens (tertiary/aromatic N) is 4. The van der Waals surface area contributed by atoms with E-state index in [1.165, 1.54) is 10.9 Å². The SMILES string of the molecule is Cc1noc(C(C)OC(=O)CCn2cnc3ccccc3c2=O)n1. The molecule has 3 aromatic rings. The highest BCUT2D eigenvalue weighted by atomic mass is 16.6. The van der Waals surface area contributed by atoms with E-state index in [-0.39, 0.29) is 24.4 Å². The predicted molar refractivity (Wildman–Crippen MR) is 84.2 cm³/mol. The highest BCUT2D eigenvalue weighted by Gasteiger charge is 2.17. The lowest BCUT2D eigenvalue weighted by molar-refractivity contribution is -0.150. The van der Waals surface area contributed by atoms with Gasteiger partial charge < -0.3 is 9.26 Å². The second-order valence-electron chi connectivity index (χ2n) is 5.32. The molecule has 2 aromatic heterocycles. The van der Waals surface area contributed by atoms with Gasteiger partial charge in [0.25, 0.3) is 11.4 Å². The van der Waals surface area contributed by atoms with Crippen LogP contribution in [0.4, 0.5) is 0 Å². The monoisotopic (exact) mass is 328 g/mol. The Morgan fingerprint density at radius 1 is 1.38 bits per heavy atom. The maximum atomic E-state index is 12.3. The van der Waals surface area contributed by atoms with E-state index in [9.17, 15) is 9.59 Å². The van der Waals surface area contributed by atoms with Gasteiger partial charge in [0.2, 0.25) is 0 Å². The molecular formula is C16H16N4O4. The Balaban J connectivity index is 1.64. The summed E-state index contributed by atoms with van der Waals surface area (Å²) in [7, 11) is 0. The fourth-order valence-corrected chi connectivity index (χ4v) is 2.26. The molecule has 1 atom stereocenters. The molecule has 1 aromatic carbocycles. The minimum atomic E-state index is -0.634. The third-order valence-electron chi connectivity index (χ3n) is 3.49. The topological polar surface area (TPSA) is 100 Å². The number of carbonyl (C=O) groups excluding carboxylic acids is 1. The maximum Gasteiger partial charge on any atom is 0.308 e. The zero-order chi connectivity index (χ0) is 17.1. The molecule has 1 unspecified atom stereocenters. The predicted octanol–water partition coefficient (Wildman–Crippen LogP) is 1.78. The quantitative estimate of drug-likeness (QED) is 0.658. The summed E-state index contributed by atoms with van der Waals surface area (Å²) in [5.74, 6) is 0.255. The van der Waals surface area contributed by atoms with Crippen LogP contribution in [0.15, 0.2) is 39.9 Å². The summed E-state index contributed by atoms with van der Waals surface area (Å²) >= 11 is 0. The molecule has 0 radical (unpaired) electrons. The van der Waals surface area contributed by atoms with Crippen LogP contribution in [0.5, 0.6) is 0 Å². The largest absolute Gasteiger partial charge is 0.452 e. The number of aromatic nitrogens is 4. The van der Waals surface area contributed by atoms with Gasteiger partial charge in [0.15, 0.2) is 11.9 Å². The molecule has 24 heavy (non-hydrogen) atoms. The normalized spacial score (nSPS) is 12.2. The first-order valence-corrected chi connectivity index (χ1v) is 7.48. The van der Waals surface area contributed by atoms with Crippen molar-refractivity contribution in [1.82, 2.24) is 19.7 Å². The van der Waals surface area contributed by atoms with Crippen molar-refractivity contribution in [2.75, 3.05) is 0 Å². The van der Waals surface area contributed by atoms with Crippen molar-refractivity contribution < 1.29 is 14.1 Å². The van der Waals surface area contributed by atoms with E-state index < -0.39 is 12.1 Å². The number of hydrogen-bond acceptors (Lipinski definition) is 7. The third-order valence-corrected chi connectivity index (χ3v) is 3.49. The number of aryl methyl sites for hydroxylation is 2. The summed E-state index contributed by atoms with van der Waals surface area (Å²) in [6.07, 6.45) is 0.838. The van der Waals surface area contributed by atoms with E-state index in [0.717, 1.165) is 0 Å². The van der Waals surface area contributed by atoms with E-state index in [2.05, 4.69) is 15.1 Å². The van der Waals surface area contributed by atoms with Crippen LogP contribution >= 0.6 is 0 Å². The zero-order valence-corrected chi connectivity index (χ0v) is 13.3. The molecule has 8 heteroatoms. The smallest absolute Gasteiger partial charge is 0.308 e. The molecule has 124 valence electrons. The fraction of sp³-hybridized carbons (Fsp3) is 0.312. The Bertz CT molecular complexity index is 931. The van der Waals surface area contributed by atoms with Gasteiger partial charge in [-0.15, -0.1) is 0 Å². The molecule has 0 amide bonds. The van der Waals surface area contributed by atoms with E-state index in [1.54, 1.807) is 32.0 Å². The van der Waals surface area contributed by atoms with Gasteiger partial charge in [-0.3, -0.25) is 14.2 Å². The zero-order valence-electron chi connectivity index (χ0n) is 13.3. The number of fused-ring (bicyclic) bond motifs is 1. The molecule has 0 bridgehead atoms. The molecule has 2 heterocycles. The summed E-state index contributed by atoms with van der Waals surface area (Å²) in [4.78, 5) is 32.5. The number of carbonyl (C=O) groups is 1. The first-order chi connectivity index (χ1) is 11.5. The molecule has 0 aliphatic carbocycles. The van der Waals surface area contributed by atoms with E-state index in [0.29, 0.717) is 16.7 Å². The van der Waals surface area contributed by atoms with Crippen LogP contribution in [-0.2, 0) is 16.1 Å². The van der Waals surface area contributed by atoms with Crippen molar-refractivity contribution in [3.63, 3.8) is 0 Å². The van der Waals surface area contributed by atoms with Crippen LogP contribution in [0.2, 0.25) is 0 Å². The number of hydrogen-bond donors (Lipinski definition) is 0. The number of para-hydroxylation sites is 1. The molecule has 0 saturated heterocycles.